The Hall–Kier alpha value is -5.18. The molecule has 0 unspecified atom stereocenters. The van der Waals surface area contributed by atoms with Gasteiger partial charge in [0.1, 0.15) is 35.7 Å². The molecule has 2 fully saturated rings. The van der Waals surface area contributed by atoms with E-state index in [1.165, 1.54) is 0 Å². The molecule has 64 heavy (non-hydrogen) atoms. The van der Waals surface area contributed by atoms with Crippen molar-refractivity contribution in [3.8, 4) is 22.6 Å². The Kier molecular flexibility index (Phi) is 15.0. The molecule has 15 heteroatoms. The molecule has 6 rings (SSSR count). The first-order valence-electron chi connectivity index (χ1n) is 23.3. The number of likely N-dealkylation sites (tertiary alicyclic amines) is 2. The van der Waals surface area contributed by atoms with Crippen LogP contribution in [0.2, 0.25) is 0 Å². The number of benzene rings is 2. The van der Waals surface area contributed by atoms with Crippen molar-refractivity contribution < 1.29 is 38.2 Å². The summed E-state index contributed by atoms with van der Waals surface area (Å²) in [5.41, 5.74) is 2.05. The summed E-state index contributed by atoms with van der Waals surface area (Å²) in [7, 11) is 1.69. The van der Waals surface area contributed by atoms with Crippen LogP contribution in [0.4, 0.5) is 0 Å². The highest BCUT2D eigenvalue weighted by Gasteiger charge is 2.45. The molecule has 15 nitrogen and oxygen atoms in total. The molecule has 0 spiro atoms. The van der Waals surface area contributed by atoms with E-state index in [0.29, 0.717) is 82.7 Å². The number of fused-ring (bicyclic) bond motifs is 2. The Morgan fingerprint density at radius 3 is 1.47 bits per heavy atom. The smallest absolute Gasteiger partial charge is 0.246 e. The Labute approximate surface area is 378 Å². The monoisotopic (exact) mass is 886 g/mol. The number of nitrogens with zero attached hydrogens (tertiary/aromatic N) is 2. The molecule has 0 radical (unpaired) electrons. The van der Waals surface area contributed by atoms with Crippen molar-refractivity contribution in [2.45, 2.75) is 150 Å². The average molecular weight is 886 g/mol. The third-order valence-corrected chi connectivity index (χ3v) is 13.4. The van der Waals surface area contributed by atoms with Crippen LogP contribution in [0.1, 0.15) is 130 Å². The number of para-hydroxylation sites is 2. The molecule has 0 aromatic heterocycles. The molecule has 6 amide bonds. The van der Waals surface area contributed by atoms with Crippen molar-refractivity contribution in [3.05, 3.63) is 47.5 Å². The molecule has 4 heterocycles. The van der Waals surface area contributed by atoms with E-state index >= 15 is 0 Å². The first-order chi connectivity index (χ1) is 30.3. The molecule has 2 aromatic rings. The van der Waals surface area contributed by atoms with Crippen LogP contribution in [0.25, 0.3) is 11.1 Å². The van der Waals surface area contributed by atoms with Crippen LogP contribution in [0.5, 0.6) is 11.5 Å². The lowest BCUT2D eigenvalue weighted by Gasteiger charge is -2.36. The molecule has 4 aliphatic rings. The van der Waals surface area contributed by atoms with Crippen molar-refractivity contribution in [3.63, 3.8) is 0 Å². The summed E-state index contributed by atoms with van der Waals surface area (Å²) in [6.07, 6.45) is 4.11. The maximum Gasteiger partial charge on any atom is 0.246 e. The van der Waals surface area contributed by atoms with Crippen LogP contribution in [0.15, 0.2) is 36.4 Å². The Bertz CT molecular complexity index is 1930. The first kappa shape index (κ1) is 48.3. The van der Waals surface area contributed by atoms with E-state index in [-0.39, 0.29) is 53.4 Å². The number of rotatable bonds is 13. The molecule has 0 saturated carbocycles. The van der Waals surface area contributed by atoms with Crippen LogP contribution in [0.3, 0.4) is 0 Å². The van der Waals surface area contributed by atoms with Crippen LogP contribution >= 0.6 is 0 Å². The Balaban J connectivity index is 1.19. The maximum absolute atomic E-state index is 14.1. The third-order valence-electron chi connectivity index (χ3n) is 13.4. The fourth-order valence-electron chi connectivity index (χ4n) is 9.21. The first-order valence-corrected chi connectivity index (χ1v) is 23.3. The molecule has 8 atom stereocenters. The van der Waals surface area contributed by atoms with E-state index < -0.39 is 41.0 Å². The van der Waals surface area contributed by atoms with Crippen LogP contribution in [-0.4, -0.2) is 109 Å². The largest absolute Gasteiger partial charge is 0.492 e. The summed E-state index contributed by atoms with van der Waals surface area (Å²) < 4.78 is 12.7. The molecule has 350 valence electrons. The van der Waals surface area contributed by atoms with Crippen LogP contribution < -0.4 is 36.1 Å². The lowest BCUT2D eigenvalue weighted by Crippen LogP contribution is -2.59. The van der Waals surface area contributed by atoms with Gasteiger partial charge in [-0.2, -0.15) is 0 Å². The van der Waals surface area contributed by atoms with E-state index in [1.54, 1.807) is 23.8 Å². The van der Waals surface area contributed by atoms with E-state index in [2.05, 4.69) is 26.6 Å². The quantitative estimate of drug-likeness (QED) is 0.186. The number of carbonyl (C=O) groups is 6. The fourth-order valence-corrected chi connectivity index (χ4v) is 9.21. The standard InChI is InChI=1S/C49H71N7O8/c1-11-28(2)42(57)53-40(48(4,5)6)46(61)55-24-14-20-36(55)44(59)51-34-22-26-63-38-30(16-12-18-32(34)38)31-17-13-19-33-35(23-27-64-39(31)33)52-45(60)37-21-15-25-56(37)47(62)41(49(7,8)9)54-43(58)29(3)50-10/h12-13,16-19,28-29,34-37,40-41,50H,11,14-15,20-27H2,1-10H3,(H,51,59)(H,52,60)(H,53,57)(H,54,58)/t28-,29+,34-,35-,36+,37+,40-,41-/m1/s1. The normalized spacial score (nSPS) is 22.7. The van der Waals surface area contributed by atoms with Gasteiger partial charge in [-0.3, -0.25) is 28.8 Å². The molecule has 4 aliphatic heterocycles. The Morgan fingerprint density at radius 1 is 0.656 bits per heavy atom. The van der Waals surface area contributed by atoms with Crippen molar-refractivity contribution >= 4 is 35.4 Å². The SMILES string of the molecule is CC[C@@H](C)C(=O)N[C@H](C(=O)N1CCC[C@H]1C(=O)N[C@@H]1CCOc2c(-c3cccc4c3OCC[C@H]4NC(=O)[C@@H]3CCCN3C(=O)[C@@H](NC(=O)[C@H](C)NC)C(C)(C)C)cccc21)C(C)(C)C. The summed E-state index contributed by atoms with van der Waals surface area (Å²) in [4.78, 5) is 85.6. The number of carbonyl (C=O) groups excluding carboxylic acids is 6. The van der Waals surface area contributed by atoms with Gasteiger partial charge in [-0.15, -0.1) is 0 Å². The van der Waals surface area contributed by atoms with Gasteiger partial charge in [0, 0.05) is 54.1 Å². The number of likely N-dealkylation sites (N-methyl/N-ethyl adjacent to an activating group) is 1. The fraction of sp³-hybridized carbons (Fsp3) is 0.633. The molecule has 0 aliphatic carbocycles. The lowest BCUT2D eigenvalue weighted by atomic mass is 9.85. The number of hydrogen-bond donors (Lipinski definition) is 5. The van der Waals surface area contributed by atoms with Crippen molar-refractivity contribution in [1.82, 2.24) is 36.4 Å². The molecule has 2 saturated heterocycles. The molecule has 5 N–H and O–H groups in total. The zero-order chi connectivity index (χ0) is 46.7. The van der Waals surface area contributed by atoms with E-state index in [9.17, 15) is 28.8 Å². The minimum atomic E-state index is -0.815. The Morgan fingerprint density at radius 2 is 1.08 bits per heavy atom. The molecular weight excluding hydrogens is 815 g/mol. The van der Waals surface area contributed by atoms with Gasteiger partial charge in [-0.05, 0) is 56.9 Å². The summed E-state index contributed by atoms with van der Waals surface area (Å²) in [5, 5.41) is 15.4. The van der Waals surface area contributed by atoms with Gasteiger partial charge in [-0.1, -0.05) is 91.8 Å². The zero-order valence-corrected chi connectivity index (χ0v) is 39.5. The molecule has 2 aromatic carbocycles. The van der Waals surface area contributed by atoms with Crippen molar-refractivity contribution in [1.29, 1.82) is 0 Å². The lowest BCUT2D eigenvalue weighted by molar-refractivity contribution is -0.144. The van der Waals surface area contributed by atoms with Crippen LogP contribution in [0, 0.1) is 16.7 Å². The summed E-state index contributed by atoms with van der Waals surface area (Å²) in [6, 6.07) is 7.50. The molecular formula is C49H71N7O8. The highest BCUT2D eigenvalue weighted by atomic mass is 16.5. The van der Waals surface area contributed by atoms with Crippen LogP contribution in [-0.2, 0) is 28.8 Å². The summed E-state index contributed by atoms with van der Waals surface area (Å²) in [6.45, 7) is 18.6. The van der Waals surface area contributed by atoms with E-state index in [1.807, 2.05) is 91.8 Å². The van der Waals surface area contributed by atoms with Gasteiger partial charge in [0.25, 0.3) is 0 Å². The zero-order valence-electron chi connectivity index (χ0n) is 39.5. The maximum atomic E-state index is 14.1. The second-order valence-corrected chi connectivity index (χ2v) is 20.2. The van der Waals surface area contributed by atoms with Gasteiger partial charge < -0.3 is 45.9 Å². The number of hydrogen-bond acceptors (Lipinski definition) is 9. The second kappa shape index (κ2) is 19.9. The second-order valence-electron chi connectivity index (χ2n) is 20.2. The van der Waals surface area contributed by atoms with Gasteiger partial charge in [0.05, 0.1) is 31.3 Å². The highest BCUT2D eigenvalue weighted by Crippen LogP contribution is 2.47. The van der Waals surface area contributed by atoms with Crippen molar-refractivity contribution in [2.75, 3.05) is 33.4 Å². The minimum absolute atomic E-state index is 0.172. The van der Waals surface area contributed by atoms with Gasteiger partial charge in [0.2, 0.25) is 35.4 Å². The molecule has 0 bridgehead atoms. The highest BCUT2D eigenvalue weighted by molar-refractivity contribution is 5.95. The van der Waals surface area contributed by atoms with Gasteiger partial charge in [-0.25, -0.2) is 0 Å². The average Bonchev–Trinajstić information content (AvgIpc) is 3.97. The summed E-state index contributed by atoms with van der Waals surface area (Å²) in [5.74, 6) is -0.436. The van der Waals surface area contributed by atoms with E-state index in [4.69, 9.17) is 9.47 Å². The third kappa shape index (κ3) is 10.3. The minimum Gasteiger partial charge on any atom is -0.492 e. The van der Waals surface area contributed by atoms with Crippen molar-refractivity contribution in [2.24, 2.45) is 16.7 Å². The number of ether oxygens (including phenoxy) is 2. The number of amides is 6. The predicted molar refractivity (Wildman–Crippen MR) is 244 cm³/mol. The van der Waals surface area contributed by atoms with E-state index in [0.717, 1.165) is 22.3 Å². The summed E-state index contributed by atoms with van der Waals surface area (Å²) >= 11 is 0. The topological polar surface area (TPSA) is 188 Å². The van der Waals surface area contributed by atoms with Gasteiger partial charge >= 0.3 is 0 Å². The predicted octanol–water partition coefficient (Wildman–Crippen LogP) is 4.93. The number of nitrogens with one attached hydrogen (secondary N) is 5. The van der Waals surface area contributed by atoms with Gasteiger partial charge in [0.15, 0.2) is 0 Å².